The molecule has 12 heteroatoms. The Labute approximate surface area is 196 Å². The van der Waals surface area contributed by atoms with Crippen LogP contribution in [0.15, 0.2) is 75.6 Å². The molecule has 0 N–H and O–H groups in total. The lowest BCUT2D eigenvalue weighted by molar-refractivity contribution is -0.137. The first-order chi connectivity index (χ1) is 16.6. The van der Waals surface area contributed by atoms with Crippen LogP contribution in [0, 0.1) is 0 Å². The molecule has 0 aliphatic rings. The van der Waals surface area contributed by atoms with E-state index in [1.54, 1.807) is 30.3 Å². The molecule has 0 aliphatic heterocycles. The number of aromatic nitrogens is 4. The van der Waals surface area contributed by atoms with Gasteiger partial charge in [0.2, 0.25) is 0 Å². The third-order valence-electron chi connectivity index (χ3n) is 5.30. The summed E-state index contributed by atoms with van der Waals surface area (Å²) in [6.07, 6.45) is -2.06. The highest BCUT2D eigenvalue weighted by Gasteiger charge is 2.31. The lowest BCUT2D eigenvalue weighted by Crippen LogP contribution is -2.38. The predicted octanol–water partition coefficient (Wildman–Crippen LogP) is 2.52. The molecule has 2 heterocycles. The van der Waals surface area contributed by atoms with Crippen molar-refractivity contribution in [1.82, 2.24) is 18.7 Å². The molecule has 180 valence electrons. The number of amides is 1. The van der Waals surface area contributed by atoms with E-state index in [1.807, 2.05) is 0 Å². The van der Waals surface area contributed by atoms with Gasteiger partial charge in [-0.15, -0.1) is 0 Å². The summed E-state index contributed by atoms with van der Waals surface area (Å²) < 4.78 is 43.2. The molecule has 0 saturated carbocycles. The van der Waals surface area contributed by atoms with E-state index in [2.05, 4.69) is 10.1 Å². The van der Waals surface area contributed by atoms with E-state index >= 15 is 0 Å². The summed E-state index contributed by atoms with van der Waals surface area (Å²) >= 11 is 0. The molecule has 0 radical (unpaired) electrons. The van der Waals surface area contributed by atoms with Gasteiger partial charge in [0, 0.05) is 14.1 Å². The summed E-state index contributed by atoms with van der Waals surface area (Å²) in [4.78, 5) is 42.2. The molecule has 1 amide bonds. The maximum Gasteiger partial charge on any atom is 0.416 e. The molecule has 0 unspecified atom stereocenters. The van der Waals surface area contributed by atoms with Gasteiger partial charge in [-0.2, -0.15) is 23.3 Å². The molecule has 9 nitrogen and oxygen atoms in total. The average molecular weight is 484 g/mol. The summed E-state index contributed by atoms with van der Waals surface area (Å²) in [5, 5.41) is 4.97. The fraction of sp³-hybridized carbons (Fsp3) is 0.174. The molecule has 0 aliphatic carbocycles. The van der Waals surface area contributed by atoms with Crippen LogP contribution in [0.25, 0.3) is 11.2 Å². The molecule has 35 heavy (non-hydrogen) atoms. The van der Waals surface area contributed by atoms with Crippen LogP contribution in [-0.4, -0.2) is 30.8 Å². The second kappa shape index (κ2) is 9.05. The van der Waals surface area contributed by atoms with Gasteiger partial charge in [-0.05, 0) is 23.8 Å². The van der Waals surface area contributed by atoms with Crippen LogP contribution < -0.4 is 16.3 Å². The number of hydrogen-bond acceptors (Lipinski definition) is 5. The van der Waals surface area contributed by atoms with Crippen molar-refractivity contribution in [2.75, 3.05) is 5.01 Å². The van der Waals surface area contributed by atoms with E-state index in [1.165, 1.54) is 43.3 Å². The SMILES string of the molecule is Cn1c(=O)c2c(ncn2CC(=O)N(/N=C/c2ccccc2)c2cccc(C(F)(F)F)c2)n(C)c1=O. The number of benzene rings is 2. The lowest BCUT2D eigenvalue weighted by Gasteiger charge is -2.19. The number of fused-ring (bicyclic) bond motifs is 1. The molecule has 0 fully saturated rings. The van der Waals surface area contributed by atoms with Gasteiger partial charge in [0.1, 0.15) is 6.54 Å². The number of carbonyl (C=O) groups excluding carboxylic acids is 1. The minimum atomic E-state index is -4.62. The molecule has 2 aromatic heterocycles. The Morgan fingerprint density at radius 2 is 1.77 bits per heavy atom. The summed E-state index contributed by atoms with van der Waals surface area (Å²) in [5.41, 5.74) is -1.61. The van der Waals surface area contributed by atoms with Crippen LogP contribution in [-0.2, 0) is 31.6 Å². The van der Waals surface area contributed by atoms with Crippen molar-refractivity contribution in [2.45, 2.75) is 12.7 Å². The number of imidazole rings is 1. The van der Waals surface area contributed by atoms with Crippen molar-refractivity contribution in [2.24, 2.45) is 19.2 Å². The fourth-order valence-electron chi connectivity index (χ4n) is 3.48. The maximum absolute atomic E-state index is 13.3. The first-order valence-corrected chi connectivity index (χ1v) is 10.3. The highest BCUT2D eigenvalue weighted by atomic mass is 19.4. The summed E-state index contributed by atoms with van der Waals surface area (Å²) in [7, 11) is 2.73. The second-order valence-corrected chi connectivity index (χ2v) is 7.66. The van der Waals surface area contributed by atoms with Gasteiger partial charge in [0.15, 0.2) is 11.2 Å². The van der Waals surface area contributed by atoms with Crippen LogP contribution in [0.5, 0.6) is 0 Å². The molecule has 4 rings (SSSR count). The van der Waals surface area contributed by atoms with Gasteiger partial charge >= 0.3 is 11.9 Å². The van der Waals surface area contributed by atoms with Gasteiger partial charge in [-0.1, -0.05) is 36.4 Å². The molecule has 0 bridgehead atoms. The fourth-order valence-corrected chi connectivity index (χ4v) is 3.48. The third kappa shape index (κ3) is 4.63. The van der Waals surface area contributed by atoms with Gasteiger partial charge < -0.3 is 4.57 Å². The van der Waals surface area contributed by atoms with Crippen LogP contribution in [0.3, 0.4) is 0 Å². The number of halogens is 3. The molecular formula is C23H19F3N6O3. The number of anilines is 1. The monoisotopic (exact) mass is 484 g/mol. The van der Waals surface area contributed by atoms with E-state index in [9.17, 15) is 27.6 Å². The first kappa shape index (κ1) is 23.7. The number of nitrogens with zero attached hydrogens (tertiary/aromatic N) is 6. The lowest BCUT2D eigenvalue weighted by atomic mass is 10.2. The maximum atomic E-state index is 13.3. The van der Waals surface area contributed by atoms with Crippen molar-refractivity contribution in [3.63, 3.8) is 0 Å². The number of aryl methyl sites for hydroxylation is 1. The summed E-state index contributed by atoms with van der Waals surface area (Å²) in [5.74, 6) is -0.730. The number of rotatable bonds is 5. The topological polar surface area (TPSA) is 94.5 Å². The average Bonchev–Trinajstić information content (AvgIpc) is 3.25. The van der Waals surface area contributed by atoms with Crippen LogP contribution in [0.4, 0.5) is 18.9 Å². The first-order valence-electron chi connectivity index (χ1n) is 10.3. The van der Waals surface area contributed by atoms with E-state index < -0.39 is 35.4 Å². The normalized spacial score (nSPS) is 11.9. The van der Waals surface area contributed by atoms with Gasteiger partial charge in [-0.3, -0.25) is 18.7 Å². The van der Waals surface area contributed by atoms with Crippen molar-refractivity contribution in [1.29, 1.82) is 0 Å². The van der Waals surface area contributed by atoms with E-state index in [0.717, 1.165) is 26.3 Å². The van der Waals surface area contributed by atoms with E-state index in [0.29, 0.717) is 5.56 Å². The predicted molar refractivity (Wildman–Crippen MR) is 123 cm³/mol. The Hall–Kier alpha value is -4.48. The molecular weight excluding hydrogens is 465 g/mol. The van der Waals surface area contributed by atoms with E-state index in [-0.39, 0.29) is 16.9 Å². The molecule has 4 aromatic rings. The Balaban J connectivity index is 1.77. The molecule has 0 atom stereocenters. The third-order valence-corrected chi connectivity index (χ3v) is 5.30. The van der Waals surface area contributed by atoms with Crippen molar-refractivity contribution in [3.05, 3.63) is 92.9 Å². The number of carbonyl (C=O) groups is 1. The van der Waals surface area contributed by atoms with Gasteiger partial charge in [-0.25, -0.2) is 9.78 Å². The van der Waals surface area contributed by atoms with Crippen molar-refractivity contribution < 1.29 is 18.0 Å². The van der Waals surface area contributed by atoms with Gasteiger partial charge in [0.25, 0.3) is 11.5 Å². The smallest absolute Gasteiger partial charge is 0.315 e. The zero-order valence-electron chi connectivity index (χ0n) is 18.6. The zero-order valence-corrected chi connectivity index (χ0v) is 18.6. The zero-order chi connectivity index (χ0) is 25.3. The minimum absolute atomic E-state index is 0.000943. The Bertz CT molecular complexity index is 1550. The highest BCUT2D eigenvalue weighted by Crippen LogP contribution is 2.32. The van der Waals surface area contributed by atoms with E-state index in [4.69, 9.17) is 0 Å². The summed E-state index contributed by atoms with van der Waals surface area (Å²) in [6, 6.07) is 12.9. The van der Waals surface area contributed by atoms with Crippen LogP contribution in [0.2, 0.25) is 0 Å². The largest absolute Gasteiger partial charge is 0.416 e. The number of alkyl halides is 3. The molecule has 0 saturated heterocycles. The molecule has 0 spiro atoms. The Morgan fingerprint density at radius 3 is 2.46 bits per heavy atom. The van der Waals surface area contributed by atoms with Crippen molar-refractivity contribution in [3.8, 4) is 0 Å². The Kier molecular flexibility index (Phi) is 6.12. The van der Waals surface area contributed by atoms with Gasteiger partial charge in [0.05, 0.1) is 23.8 Å². The quantitative estimate of drug-likeness (QED) is 0.321. The summed E-state index contributed by atoms with van der Waals surface area (Å²) in [6.45, 7) is -0.466. The minimum Gasteiger partial charge on any atom is -0.315 e. The number of hydrogen-bond donors (Lipinski definition) is 0. The second-order valence-electron chi connectivity index (χ2n) is 7.66. The number of hydrazone groups is 1. The van der Waals surface area contributed by atoms with Crippen LogP contribution >= 0.6 is 0 Å². The van der Waals surface area contributed by atoms with Crippen molar-refractivity contribution >= 4 is 29.0 Å². The Morgan fingerprint density at radius 1 is 1.06 bits per heavy atom. The molecule has 2 aromatic carbocycles. The standard InChI is InChI=1S/C23H19F3N6O3/c1-29-20-19(21(34)30(2)22(29)35)31(14-27-20)13-18(33)32(28-12-15-7-4-3-5-8-15)17-10-6-9-16(11-17)23(24,25)26/h3-12,14H,13H2,1-2H3/b28-12+. The van der Waals surface area contributed by atoms with Crippen LogP contribution in [0.1, 0.15) is 11.1 Å². The highest BCUT2D eigenvalue weighted by molar-refractivity contribution is 5.95.